The first kappa shape index (κ1) is 37.1. The first-order valence-electron chi connectivity index (χ1n) is 16.4. The minimum atomic E-state index is -5.15. The van der Waals surface area contributed by atoms with E-state index >= 15 is 0 Å². The first-order chi connectivity index (χ1) is 21.8. The second-order valence-electron chi connectivity index (χ2n) is 14.4. The van der Waals surface area contributed by atoms with Crippen LogP contribution in [0.4, 0.5) is 31.1 Å². The van der Waals surface area contributed by atoms with Gasteiger partial charge in [0.15, 0.2) is 0 Å². The number of amides is 2. The number of hydrogen-bond acceptors (Lipinski definition) is 7. The molecule has 4 saturated carbocycles. The van der Waals surface area contributed by atoms with Gasteiger partial charge in [0.05, 0.1) is 13.7 Å². The number of alkyl halides is 6. The van der Waals surface area contributed by atoms with E-state index in [0.29, 0.717) is 32.1 Å². The number of ether oxygens (including phenoxy) is 3. The summed E-state index contributed by atoms with van der Waals surface area (Å²) in [7, 11) is 1.26. The fourth-order valence-electron chi connectivity index (χ4n) is 10.1. The third kappa shape index (κ3) is 7.33. The van der Waals surface area contributed by atoms with Crippen molar-refractivity contribution in [2.24, 2.45) is 46.3 Å². The van der Waals surface area contributed by atoms with Gasteiger partial charge in [-0.2, -0.15) is 26.3 Å². The van der Waals surface area contributed by atoms with E-state index in [1.54, 1.807) is 6.92 Å². The number of rotatable bonds is 8. The quantitative estimate of drug-likeness (QED) is 0.235. The lowest BCUT2D eigenvalue weighted by Crippen LogP contribution is -2.68. The van der Waals surface area contributed by atoms with E-state index in [1.165, 1.54) is 7.11 Å². The van der Waals surface area contributed by atoms with Crippen molar-refractivity contribution in [3.63, 3.8) is 0 Å². The van der Waals surface area contributed by atoms with Gasteiger partial charge in [0, 0.05) is 18.5 Å². The highest BCUT2D eigenvalue weighted by molar-refractivity contribution is 5.82. The maximum Gasteiger partial charge on any atom is 0.508 e. The van der Waals surface area contributed by atoms with Gasteiger partial charge in [0.1, 0.15) is 6.10 Å². The Bertz CT molecular complexity index is 1200. The lowest BCUT2D eigenvalue weighted by Gasteiger charge is -2.65. The van der Waals surface area contributed by atoms with Crippen molar-refractivity contribution in [2.45, 2.75) is 116 Å². The fourth-order valence-corrected chi connectivity index (χ4v) is 10.1. The topological polar surface area (TPSA) is 120 Å². The summed E-state index contributed by atoms with van der Waals surface area (Å²) in [6.45, 7) is 7.39. The molecule has 4 aliphatic carbocycles. The number of hydrogen-bond donors (Lipinski definition) is 2. The molecular weight excluding hydrogens is 638 g/mol. The third-order valence-electron chi connectivity index (χ3n) is 12.3. The summed E-state index contributed by atoms with van der Waals surface area (Å²) in [5, 5.41) is 4.56. The third-order valence-corrected chi connectivity index (χ3v) is 12.3. The molecule has 0 saturated heterocycles. The van der Waals surface area contributed by atoms with Crippen LogP contribution in [0.1, 0.15) is 85.5 Å². The van der Waals surface area contributed by atoms with Gasteiger partial charge < -0.3 is 24.8 Å². The van der Waals surface area contributed by atoms with E-state index < -0.39 is 83.1 Å². The minimum Gasteiger partial charge on any atom is -0.469 e. The van der Waals surface area contributed by atoms with Crippen LogP contribution in [-0.4, -0.2) is 68.2 Å². The van der Waals surface area contributed by atoms with Crippen molar-refractivity contribution in [3.05, 3.63) is 0 Å². The number of carbonyl (C=O) groups is 4. The fraction of sp³-hybridized carbons (Fsp3) is 0.875. The summed E-state index contributed by atoms with van der Waals surface area (Å²) in [6.07, 6.45) is -8.88. The molecule has 0 unspecified atom stereocenters. The SMILES string of the molecule is CCOC(=O)O[C@@H]1CC[C@@]2(C)[C@@H](C1)C[C@H](NC(=O)C(F)(F)F)[C@@H]1[C@@H]2C[C@@H](NC(=O)C(F)(F)F)[C@]2(C)[C@@H]([C@H](C)CCC(=O)OC)CC[C@@H]12. The maximum absolute atomic E-state index is 13.7. The highest BCUT2D eigenvalue weighted by Crippen LogP contribution is 2.68. The van der Waals surface area contributed by atoms with Gasteiger partial charge in [0.2, 0.25) is 0 Å². The zero-order valence-corrected chi connectivity index (χ0v) is 27.4. The number of nitrogens with one attached hydrogen (secondary N) is 2. The lowest BCUT2D eigenvalue weighted by atomic mass is 9.42. The number of halogens is 6. The van der Waals surface area contributed by atoms with Gasteiger partial charge in [-0.25, -0.2) is 4.79 Å². The van der Waals surface area contributed by atoms with Crippen LogP contribution in [0.25, 0.3) is 0 Å². The molecule has 4 rings (SSSR count). The molecule has 9 nitrogen and oxygen atoms in total. The molecule has 0 aromatic heterocycles. The van der Waals surface area contributed by atoms with Crippen LogP contribution in [0.2, 0.25) is 0 Å². The monoisotopic (exact) mass is 684 g/mol. The van der Waals surface area contributed by atoms with E-state index in [9.17, 15) is 45.5 Å². The Kier molecular flexibility index (Phi) is 10.8. The van der Waals surface area contributed by atoms with Crippen LogP contribution in [0, 0.1) is 46.3 Å². The van der Waals surface area contributed by atoms with Crippen molar-refractivity contribution < 1.29 is 59.7 Å². The standard InChI is InChI=1S/C32H46F6N2O7/c1-6-46-28(44)47-18-11-12-29(3)17(13-18)14-22(39-26(42)31(33,34)35)25-20-9-8-19(16(2)7-10-24(41)45-5)30(20,4)23(15-21(25)29)40-27(43)32(36,37)38/h16-23,25H,6-15H2,1-5H3,(H,39,42)(H,40,43)/t16-,17+,18-,19-,20+,21+,22+,23-,25+,29+,30-/m1/s1. The van der Waals surface area contributed by atoms with Crippen LogP contribution < -0.4 is 10.6 Å². The van der Waals surface area contributed by atoms with Crippen molar-refractivity contribution in [2.75, 3.05) is 13.7 Å². The van der Waals surface area contributed by atoms with Crippen molar-refractivity contribution >= 4 is 23.9 Å². The molecule has 11 atom stereocenters. The van der Waals surface area contributed by atoms with Gasteiger partial charge >= 0.3 is 36.3 Å². The number of fused-ring (bicyclic) bond motifs is 5. The van der Waals surface area contributed by atoms with Crippen LogP contribution >= 0.6 is 0 Å². The molecule has 0 heterocycles. The van der Waals surface area contributed by atoms with Gasteiger partial charge in [-0.1, -0.05) is 20.8 Å². The molecule has 0 spiro atoms. The minimum absolute atomic E-state index is 0.0640. The van der Waals surface area contributed by atoms with Crippen LogP contribution in [-0.2, 0) is 28.6 Å². The molecule has 15 heteroatoms. The summed E-state index contributed by atoms with van der Waals surface area (Å²) in [6, 6.07) is -1.93. The Morgan fingerprint density at radius 1 is 0.894 bits per heavy atom. The van der Waals surface area contributed by atoms with Crippen molar-refractivity contribution in [3.8, 4) is 0 Å². The molecule has 268 valence electrons. The molecule has 2 amide bonds. The molecule has 47 heavy (non-hydrogen) atoms. The van der Waals surface area contributed by atoms with E-state index in [2.05, 4.69) is 10.6 Å². The Morgan fingerprint density at radius 3 is 2.13 bits per heavy atom. The van der Waals surface area contributed by atoms with Crippen LogP contribution in [0.3, 0.4) is 0 Å². The second-order valence-corrected chi connectivity index (χ2v) is 14.4. The number of esters is 1. The van der Waals surface area contributed by atoms with E-state index in [4.69, 9.17) is 14.2 Å². The molecule has 0 aromatic carbocycles. The second kappa shape index (κ2) is 13.6. The normalized spacial score (nSPS) is 37.3. The smallest absolute Gasteiger partial charge is 0.469 e. The summed E-state index contributed by atoms with van der Waals surface area (Å²) >= 11 is 0. The Labute approximate surface area is 270 Å². The largest absolute Gasteiger partial charge is 0.508 e. The molecule has 0 bridgehead atoms. The maximum atomic E-state index is 13.7. The highest BCUT2D eigenvalue weighted by atomic mass is 19.4. The molecule has 4 aliphatic rings. The predicted octanol–water partition coefficient (Wildman–Crippen LogP) is 6.09. The number of carbonyl (C=O) groups excluding carboxylic acids is 4. The zero-order chi connectivity index (χ0) is 35.1. The van der Waals surface area contributed by atoms with Gasteiger partial charge in [-0.3, -0.25) is 14.4 Å². The predicted molar refractivity (Wildman–Crippen MR) is 154 cm³/mol. The average Bonchev–Trinajstić information content (AvgIpc) is 3.33. The Hall–Kier alpha value is -2.74. The Morgan fingerprint density at radius 2 is 1.53 bits per heavy atom. The van der Waals surface area contributed by atoms with Crippen molar-refractivity contribution in [1.29, 1.82) is 0 Å². The average molecular weight is 685 g/mol. The van der Waals surface area contributed by atoms with Crippen LogP contribution in [0.5, 0.6) is 0 Å². The van der Waals surface area contributed by atoms with Crippen molar-refractivity contribution in [1.82, 2.24) is 10.6 Å². The van der Waals surface area contributed by atoms with Gasteiger partial charge in [-0.15, -0.1) is 0 Å². The molecular formula is C32H46F6N2O7. The van der Waals surface area contributed by atoms with E-state index in [0.717, 1.165) is 0 Å². The summed E-state index contributed by atoms with van der Waals surface area (Å²) < 4.78 is 97.2. The molecule has 4 fully saturated rings. The number of methoxy groups -OCH3 is 1. The van der Waals surface area contributed by atoms with Gasteiger partial charge in [-0.05, 0) is 105 Å². The van der Waals surface area contributed by atoms with E-state index in [1.807, 2.05) is 20.8 Å². The molecule has 0 aromatic rings. The summed E-state index contributed by atoms with van der Waals surface area (Å²) in [5.74, 6) is -6.81. The lowest BCUT2D eigenvalue weighted by molar-refractivity contribution is -0.187. The zero-order valence-electron chi connectivity index (χ0n) is 27.4. The van der Waals surface area contributed by atoms with Gasteiger partial charge in [0.25, 0.3) is 0 Å². The first-order valence-corrected chi connectivity index (χ1v) is 16.4. The molecule has 2 N–H and O–H groups in total. The molecule has 0 aliphatic heterocycles. The van der Waals surface area contributed by atoms with E-state index in [-0.39, 0.29) is 50.0 Å². The summed E-state index contributed by atoms with van der Waals surface area (Å²) in [5.41, 5.74) is -1.57. The summed E-state index contributed by atoms with van der Waals surface area (Å²) in [4.78, 5) is 48.9. The Balaban J connectivity index is 1.75. The highest BCUT2D eigenvalue weighted by Gasteiger charge is 2.67. The molecule has 0 radical (unpaired) electrons. The van der Waals surface area contributed by atoms with Crippen LogP contribution in [0.15, 0.2) is 0 Å².